The molecular formula is C17H25N5S. The topological polar surface area (TPSA) is 38.9 Å². The van der Waals surface area contributed by atoms with Crippen LogP contribution < -0.4 is 0 Å². The maximum atomic E-state index is 5.69. The first kappa shape index (κ1) is 16.3. The third-order valence-corrected chi connectivity index (χ3v) is 4.95. The van der Waals surface area contributed by atoms with Crippen molar-refractivity contribution in [2.75, 3.05) is 13.1 Å². The van der Waals surface area contributed by atoms with Gasteiger partial charge in [0.2, 0.25) is 0 Å². The average Bonchev–Trinajstić information content (AvgIpc) is 2.88. The van der Waals surface area contributed by atoms with Crippen molar-refractivity contribution in [3.63, 3.8) is 0 Å². The smallest absolute Gasteiger partial charge is 0.199 e. The maximum Gasteiger partial charge on any atom is 0.199 e. The molecule has 23 heavy (non-hydrogen) atoms. The van der Waals surface area contributed by atoms with E-state index in [2.05, 4.69) is 28.3 Å². The fraction of sp³-hybridized carbons (Fsp3) is 0.588. The molecule has 1 fully saturated rings. The Balaban J connectivity index is 1.88. The summed E-state index contributed by atoms with van der Waals surface area (Å²) in [5.41, 5.74) is 1.07. The van der Waals surface area contributed by atoms with Crippen LogP contribution in [0.3, 0.4) is 0 Å². The minimum absolute atomic E-state index is 0.792. The van der Waals surface area contributed by atoms with Crippen molar-refractivity contribution in [1.29, 1.82) is 0 Å². The van der Waals surface area contributed by atoms with E-state index in [1.165, 1.54) is 12.8 Å². The molecule has 0 amide bonds. The molecule has 0 spiro atoms. The number of hydrogen-bond acceptors (Lipinski definition) is 4. The lowest BCUT2D eigenvalue weighted by Gasteiger charge is -2.29. The van der Waals surface area contributed by atoms with Crippen LogP contribution in [0.2, 0.25) is 0 Å². The van der Waals surface area contributed by atoms with E-state index in [4.69, 9.17) is 17.3 Å². The summed E-state index contributed by atoms with van der Waals surface area (Å²) >= 11 is 5.69. The second-order valence-electron chi connectivity index (χ2n) is 6.44. The fourth-order valence-corrected chi connectivity index (χ4v) is 3.34. The molecule has 0 radical (unpaired) electrons. The molecule has 0 saturated carbocycles. The standard InChI is InChI=1S/C17H25N5S/c1-3-10-21-16(15-4-8-18-9-5-15)19-22(17(21)23)13-20-11-6-14(2)7-12-20/h4-5,8-9,14H,3,6-7,10-13H2,1-2H3. The van der Waals surface area contributed by atoms with Crippen molar-refractivity contribution >= 4 is 12.2 Å². The molecule has 5 nitrogen and oxygen atoms in total. The predicted octanol–water partition coefficient (Wildman–Crippen LogP) is 3.58. The highest BCUT2D eigenvalue weighted by molar-refractivity contribution is 7.71. The van der Waals surface area contributed by atoms with E-state index in [1.807, 2.05) is 16.8 Å². The summed E-state index contributed by atoms with van der Waals surface area (Å²) in [7, 11) is 0. The SMILES string of the molecule is CCCn1c(-c2ccncc2)nn(CN2CCC(C)CC2)c1=S. The predicted molar refractivity (Wildman–Crippen MR) is 94.5 cm³/mol. The van der Waals surface area contributed by atoms with Gasteiger partial charge in [-0.05, 0) is 49.5 Å². The molecule has 3 rings (SSSR count). The Morgan fingerprint density at radius 1 is 1.22 bits per heavy atom. The molecule has 0 aromatic carbocycles. The molecule has 1 aliphatic heterocycles. The summed E-state index contributed by atoms with van der Waals surface area (Å²) in [6, 6.07) is 3.99. The van der Waals surface area contributed by atoms with Crippen LogP contribution in [0.5, 0.6) is 0 Å². The van der Waals surface area contributed by atoms with Gasteiger partial charge in [0.15, 0.2) is 10.6 Å². The summed E-state index contributed by atoms with van der Waals surface area (Å²) in [6.45, 7) is 8.46. The molecule has 0 atom stereocenters. The Morgan fingerprint density at radius 3 is 2.57 bits per heavy atom. The number of pyridine rings is 1. The van der Waals surface area contributed by atoms with Crippen LogP contribution in [0, 0.1) is 10.7 Å². The lowest BCUT2D eigenvalue weighted by Crippen LogP contribution is -2.34. The van der Waals surface area contributed by atoms with Crippen molar-refractivity contribution in [2.45, 2.75) is 46.3 Å². The average molecular weight is 331 g/mol. The van der Waals surface area contributed by atoms with Gasteiger partial charge < -0.3 is 0 Å². The van der Waals surface area contributed by atoms with Crippen LogP contribution in [0.1, 0.15) is 33.1 Å². The van der Waals surface area contributed by atoms with Crippen LogP contribution in [0.25, 0.3) is 11.4 Å². The minimum Gasteiger partial charge on any atom is -0.300 e. The first-order valence-electron chi connectivity index (χ1n) is 8.49. The highest BCUT2D eigenvalue weighted by atomic mass is 32.1. The van der Waals surface area contributed by atoms with Crippen LogP contribution in [0.4, 0.5) is 0 Å². The molecule has 1 saturated heterocycles. The molecule has 3 heterocycles. The van der Waals surface area contributed by atoms with Gasteiger partial charge in [0.1, 0.15) is 0 Å². The maximum absolute atomic E-state index is 5.69. The van der Waals surface area contributed by atoms with E-state index in [9.17, 15) is 0 Å². The molecule has 0 N–H and O–H groups in total. The summed E-state index contributed by atoms with van der Waals surface area (Å²) in [4.78, 5) is 6.55. The molecule has 0 unspecified atom stereocenters. The molecule has 1 aliphatic rings. The zero-order valence-electron chi connectivity index (χ0n) is 14.0. The van der Waals surface area contributed by atoms with Gasteiger partial charge >= 0.3 is 0 Å². The largest absolute Gasteiger partial charge is 0.300 e. The number of likely N-dealkylation sites (tertiary alicyclic amines) is 1. The van der Waals surface area contributed by atoms with Crippen LogP contribution >= 0.6 is 12.2 Å². The number of rotatable bonds is 5. The lowest BCUT2D eigenvalue weighted by molar-refractivity contribution is 0.146. The van der Waals surface area contributed by atoms with Gasteiger partial charge in [-0.25, -0.2) is 4.68 Å². The van der Waals surface area contributed by atoms with Crippen LogP contribution in [-0.2, 0) is 13.2 Å². The lowest BCUT2D eigenvalue weighted by atomic mass is 10.00. The Hall–Kier alpha value is -1.53. The van der Waals surface area contributed by atoms with E-state index in [-0.39, 0.29) is 0 Å². The molecule has 2 aromatic heterocycles. The molecule has 6 heteroatoms. The summed E-state index contributed by atoms with van der Waals surface area (Å²) in [5.74, 6) is 1.79. The second kappa shape index (κ2) is 7.36. The van der Waals surface area contributed by atoms with E-state index in [0.29, 0.717) is 0 Å². The highest BCUT2D eigenvalue weighted by Crippen LogP contribution is 2.20. The molecule has 0 aliphatic carbocycles. The third-order valence-electron chi connectivity index (χ3n) is 4.52. The van der Waals surface area contributed by atoms with E-state index in [0.717, 1.165) is 54.8 Å². The minimum atomic E-state index is 0.792. The monoisotopic (exact) mass is 331 g/mol. The van der Waals surface area contributed by atoms with Crippen molar-refractivity contribution < 1.29 is 0 Å². The zero-order chi connectivity index (χ0) is 16.2. The Kier molecular flexibility index (Phi) is 5.23. The van der Waals surface area contributed by atoms with Gasteiger partial charge in [-0.3, -0.25) is 14.5 Å². The number of nitrogens with zero attached hydrogens (tertiary/aromatic N) is 5. The van der Waals surface area contributed by atoms with Crippen molar-refractivity contribution in [2.24, 2.45) is 5.92 Å². The van der Waals surface area contributed by atoms with Gasteiger partial charge in [-0.2, -0.15) is 5.10 Å². The van der Waals surface area contributed by atoms with Crippen molar-refractivity contribution in [3.05, 3.63) is 29.3 Å². The van der Waals surface area contributed by atoms with Crippen molar-refractivity contribution in [3.8, 4) is 11.4 Å². The van der Waals surface area contributed by atoms with Gasteiger partial charge in [-0.15, -0.1) is 0 Å². The molecule has 124 valence electrons. The van der Waals surface area contributed by atoms with Crippen LogP contribution in [-0.4, -0.2) is 37.3 Å². The summed E-state index contributed by atoms with van der Waals surface area (Å²) in [6.07, 6.45) is 7.18. The molecule has 0 bridgehead atoms. The fourth-order valence-electron chi connectivity index (χ4n) is 3.07. The van der Waals surface area contributed by atoms with Gasteiger partial charge in [0, 0.05) is 37.6 Å². The first-order chi connectivity index (χ1) is 11.2. The van der Waals surface area contributed by atoms with Gasteiger partial charge in [-0.1, -0.05) is 13.8 Å². The summed E-state index contributed by atoms with van der Waals surface area (Å²) < 4.78 is 4.95. The Morgan fingerprint density at radius 2 is 1.91 bits per heavy atom. The van der Waals surface area contributed by atoms with Crippen molar-refractivity contribution in [1.82, 2.24) is 24.2 Å². The van der Waals surface area contributed by atoms with E-state index < -0.39 is 0 Å². The number of hydrogen-bond donors (Lipinski definition) is 0. The summed E-state index contributed by atoms with van der Waals surface area (Å²) in [5, 5.41) is 4.82. The number of aromatic nitrogens is 4. The highest BCUT2D eigenvalue weighted by Gasteiger charge is 2.18. The Bertz CT molecular complexity index is 683. The molecule has 2 aromatic rings. The third kappa shape index (κ3) is 3.70. The van der Waals surface area contributed by atoms with E-state index >= 15 is 0 Å². The first-order valence-corrected chi connectivity index (χ1v) is 8.90. The number of piperidine rings is 1. The quantitative estimate of drug-likeness (QED) is 0.785. The van der Waals surface area contributed by atoms with E-state index in [1.54, 1.807) is 12.4 Å². The van der Waals surface area contributed by atoms with Gasteiger partial charge in [0.05, 0.1) is 6.67 Å². The second-order valence-corrected chi connectivity index (χ2v) is 6.80. The van der Waals surface area contributed by atoms with Gasteiger partial charge in [0.25, 0.3) is 0 Å². The Labute approximate surface area is 143 Å². The van der Waals surface area contributed by atoms with Crippen LogP contribution in [0.15, 0.2) is 24.5 Å². The zero-order valence-corrected chi connectivity index (χ0v) is 14.8. The molecular weight excluding hydrogens is 306 g/mol. The normalized spacial score (nSPS) is 16.8.